The van der Waals surface area contributed by atoms with Gasteiger partial charge in [-0.2, -0.15) is 0 Å². The number of aliphatic carboxylic acids is 1. The van der Waals surface area contributed by atoms with Gasteiger partial charge in [0.2, 0.25) is 0 Å². The van der Waals surface area contributed by atoms with E-state index in [2.05, 4.69) is 5.32 Å². The van der Waals surface area contributed by atoms with Gasteiger partial charge in [-0.05, 0) is 25.0 Å². The minimum Gasteiger partial charge on any atom is -0.481 e. The summed E-state index contributed by atoms with van der Waals surface area (Å²) < 4.78 is 27.8. The number of carbonyl (C=O) groups excluding carboxylic acids is 1. The van der Waals surface area contributed by atoms with Crippen molar-refractivity contribution in [3.8, 4) is 0 Å². The van der Waals surface area contributed by atoms with Crippen LogP contribution in [0, 0.1) is 5.92 Å². The van der Waals surface area contributed by atoms with Crippen LogP contribution in [0.1, 0.15) is 54.8 Å². The molecule has 0 spiro atoms. The fourth-order valence-electron chi connectivity index (χ4n) is 3.03. The van der Waals surface area contributed by atoms with Gasteiger partial charge in [0.15, 0.2) is 15.6 Å². The second-order valence-electron chi connectivity index (χ2n) is 6.35. The van der Waals surface area contributed by atoms with Gasteiger partial charge in [0.25, 0.3) is 5.91 Å². The lowest BCUT2D eigenvalue weighted by molar-refractivity contribution is -0.143. The number of rotatable bonds is 5. The van der Waals surface area contributed by atoms with E-state index in [1.165, 1.54) is 12.1 Å². The third-order valence-corrected chi connectivity index (χ3v) is 5.00. The largest absolute Gasteiger partial charge is 0.481 e. The topological polar surface area (TPSA) is 114 Å². The number of hydrogen-bond donors (Lipinski definition) is 2. The van der Waals surface area contributed by atoms with Crippen LogP contribution in [0.2, 0.25) is 0 Å². The van der Waals surface area contributed by atoms with E-state index in [1.54, 1.807) is 0 Å². The van der Waals surface area contributed by atoms with Crippen molar-refractivity contribution in [3.05, 3.63) is 23.7 Å². The highest BCUT2D eigenvalue weighted by atomic mass is 32.2. The van der Waals surface area contributed by atoms with E-state index < -0.39 is 33.7 Å². The summed E-state index contributed by atoms with van der Waals surface area (Å²) in [6.45, 7) is 0. The molecule has 1 aromatic heterocycles. The molecule has 134 valence electrons. The molecule has 2 N–H and O–H groups in total. The summed E-state index contributed by atoms with van der Waals surface area (Å²) in [5, 5.41) is 12.1. The van der Waals surface area contributed by atoms with E-state index in [-0.39, 0.29) is 17.3 Å². The molecule has 0 radical (unpaired) electrons. The summed E-state index contributed by atoms with van der Waals surface area (Å²) in [7, 11) is -3.25. The fraction of sp³-hybridized carbons (Fsp3) is 0.625. The van der Waals surface area contributed by atoms with Crippen molar-refractivity contribution in [3.63, 3.8) is 0 Å². The van der Waals surface area contributed by atoms with Crippen molar-refractivity contribution in [2.75, 3.05) is 6.26 Å². The lowest BCUT2D eigenvalue weighted by Gasteiger charge is -2.26. The van der Waals surface area contributed by atoms with Gasteiger partial charge in [-0.15, -0.1) is 0 Å². The molecule has 1 aromatic rings. The highest BCUT2D eigenvalue weighted by molar-refractivity contribution is 7.89. The summed E-state index contributed by atoms with van der Waals surface area (Å²) in [4.78, 5) is 23.8. The van der Waals surface area contributed by atoms with Crippen LogP contribution in [0.25, 0.3) is 0 Å². The number of amides is 1. The van der Waals surface area contributed by atoms with E-state index in [0.29, 0.717) is 12.8 Å². The van der Waals surface area contributed by atoms with Gasteiger partial charge >= 0.3 is 5.97 Å². The van der Waals surface area contributed by atoms with Crippen LogP contribution >= 0.6 is 0 Å². The van der Waals surface area contributed by atoms with Crippen LogP contribution in [-0.2, 0) is 20.4 Å². The van der Waals surface area contributed by atoms with Crippen LogP contribution in [-0.4, -0.2) is 37.7 Å². The number of nitrogens with one attached hydrogen (secondary N) is 1. The Labute approximate surface area is 141 Å². The highest BCUT2D eigenvalue weighted by Gasteiger charge is 2.30. The number of sulfone groups is 1. The smallest absolute Gasteiger partial charge is 0.308 e. The molecule has 24 heavy (non-hydrogen) atoms. The third kappa shape index (κ3) is 5.36. The Morgan fingerprint density at radius 1 is 1.21 bits per heavy atom. The molecule has 2 unspecified atom stereocenters. The standard InChI is InChI=1S/C16H23NO6S/c1-24(21,22)10-11-8-9-14(23-11)15(18)17-13-7-5-3-2-4-6-12(13)16(19)20/h8-9,12-13H,2-7,10H2,1H3,(H,17,18)(H,19,20). The maximum atomic E-state index is 12.3. The number of carboxylic acids is 1. The maximum absolute atomic E-state index is 12.3. The van der Waals surface area contributed by atoms with Crippen molar-refractivity contribution in [2.45, 2.75) is 50.3 Å². The van der Waals surface area contributed by atoms with Crippen LogP contribution in [0.5, 0.6) is 0 Å². The average Bonchev–Trinajstić information content (AvgIpc) is 2.87. The van der Waals surface area contributed by atoms with Crippen molar-refractivity contribution in [1.29, 1.82) is 0 Å². The minimum absolute atomic E-state index is 0.000141. The molecule has 2 atom stereocenters. The highest BCUT2D eigenvalue weighted by Crippen LogP contribution is 2.24. The minimum atomic E-state index is -3.25. The lowest BCUT2D eigenvalue weighted by Crippen LogP contribution is -2.43. The summed E-state index contributed by atoms with van der Waals surface area (Å²) in [6, 6.07) is 2.41. The Bertz CT molecular complexity index is 693. The van der Waals surface area contributed by atoms with Crippen LogP contribution in [0.15, 0.2) is 16.5 Å². The Kier molecular flexibility index (Phi) is 6.04. The van der Waals surface area contributed by atoms with E-state index in [9.17, 15) is 23.1 Å². The van der Waals surface area contributed by atoms with E-state index in [4.69, 9.17) is 4.42 Å². The van der Waals surface area contributed by atoms with Gasteiger partial charge < -0.3 is 14.8 Å². The SMILES string of the molecule is CS(=O)(=O)Cc1ccc(C(=O)NC2CCCCCCC2C(=O)O)o1. The molecule has 8 heteroatoms. The first-order valence-corrected chi connectivity index (χ1v) is 10.1. The van der Waals surface area contributed by atoms with Crippen molar-refractivity contribution < 1.29 is 27.5 Å². The third-order valence-electron chi connectivity index (χ3n) is 4.19. The molecule has 0 bridgehead atoms. The molecular weight excluding hydrogens is 334 g/mol. The Morgan fingerprint density at radius 2 is 1.88 bits per heavy atom. The van der Waals surface area contributed by atoms with Gasteiger partial charge in [-0.3, -0.25) is 9.59 Å². The number of carboxylic acid groups (broad SMARTS) is 1. The van der Waals surface area contributed by atoms with Gasteiger partial charge in [-0.1, -0.05) is 25.7 Å². The quantitative estimate of drug-likeness (QED) is 0.833. The molecule has 1 fully saturated rings. The zero-order chi connectivity index (χ0) is 17.7. The van der Waals surface area contributed by atoms with Crippen molar-refractivity contribution in [1.82, 2.24) is 5.32 Å². The van der Waals surface area contributed by atoms with Crippen LogP contribution in [0.4, 0.5) is 0 Å². The first-order valence-electron chi connectivity index (χ1n) is 8.06. The van der Waals surface area contributed by atoms with Gasteiger partial charge in [0.1, 0.15) is 11.5 Å². The zero-order valence-corrected chi connectivity index (χ0v) is 14.5. The van der Waals surface area contributed by atoms with Gasteiger partial charge in [-0.25, -0.2) is 8.42 Å². The molecule has 1 aliphatic rings. The number of hydrogen-bond acceptors (Lipinski definition) is 5. The first-order chi connectivity index (χ1) is 11.3. The monoisotopic (exact) mass is 357 g/mol. The molecule has 1 heterocycles. The van der Waals surface area contributed by atoms with Crippen LogP contribution in [0.3, 0.4) is 0 Å². The van der Waals surface area contributed by atoms with Crippen molar-refractivity contribution >= 4 is 21.7 Å². The average molecular weight is 357 g/mol. The maximum Gasteiger partial charge on any atom is 0.308 e. The molecule has 1 amide bonds. The summed E-state index contributed by atoms with van der Waals surface area (Å²) >= 11 is 0. The van der Waals surface area contributed by atoms with Gasteiger partial charge in [0.05, 0.1) is 5.92 Å². The molecule has 7 nitrogen and oxygen atoms in total. The Balaban J connectivity index is 2.07. The van der Waals surface area contributed by atoms with E-state index in [0.717, 1.165) is 31.9 Å². The second-order valence-corrected chi connectivity index (χ2v) is 8.49. The molecule has 0 saturated heterocycles. The fourth-order valence-corrected chi connectivity index (χ4v) is 3.70. The van der Waals surface area contributed by atoms with Gasteiger partial charge in [0, 0.05) is 12.3 Å². The predicted molar refractivity (Wildman–Crippen MR) is 87.3 cm³/mol. The second kappa shape index (κ2) is 7.83. The van der Waals surface area contributed by atoms with E-state index >= 15 is 0 Å². The molecule has 0 aliphatic heterocycles. The normalized spacial score (nSPS) is 22.4. The molecule has 1 aliphatic carbocycles. The van der Waals surface area contributed by atoms with Crippen LogP contribution < -0.4 is 5.32 Å². The predicted octanol–water partition coefficient (Wildman–Crippen LogP) is 1.98. The first kappa shape index (κ1) is 18.5. The molecule has 2 rings (SSSR count). The summed E-state index contributed by atoms with van der Waals surface area (Å²) in [6.07, 6.45) is 5.98. The number of carbonyl (C=O) groups is 2. The summed E-state index contributed by atoms with van der Waals surface area (Å²) in [5.41, 5.74) is 0. The van der Waals surface area contributed by atoms with Crippen molar-refractivity contribution in [2.24, 2.45) is 5.92 Å². The molecular formula is C16H23NO6S. The zero-order valence-electron chi connectivity index (χ0n) is 13.7. The molecule has 0 aromatic carbocycles. The molecule has 1 saturated carbocycles. The number of furan rings is 1. The summed E-state index contributed by atoms with van der Waals surface area (Å²) in [5.74, 6) is -2.11. The van der Waals surface area contributed by atoms with E-state index in [1.807, 2.05) is 0 Å². The lowest BCUT2D eigenvalue weighted by atomic mass is 9.86. The Hall–Kier alpha value is -1.83. The Morgan fingerprint density at radius 3 is 2.50 bits per heavy atom.